The number of anilines is 1. The first kappa shape index (κ1) is 15.0. The van der Waals surface area contributed by atoms with E-state index in [0.29, 0.717) is 29.1 Å². The first-order chi connectivity index (χ1) is 9.63. The summed E-state index contributed by atoms with van der Waals surface area (Å²) in [6, 6.07) is 4.97. The van der Waals surface area contributed by atoms with Gasteiger partial charge in [0, 0.05) is 25.2 Å². The third-order valence-corrected chi connectivity index (χ3v) is 3.28. The minimum absolute atomic E-state index is 0.236. The molecule has 2 N–H and O–H groups in total. The van der Waals surface area contributed by atoms with Crippen LogP contribution in [0.5, 0.6) is 0 Å². The molecule has 20 heavy (non-hydrogen) atoms. The van der Waals surface area contributed by atoms with Crippen LogP contribution in [0.3, 0.4) is 0 Å². The Morgan fingerprint density at radius 2 is 2.25 bits per heavy atom. The summed E-state index contributed by atoms with van der Waals surface area (Å²) in [6.07, 6.45) is 1.37. The Kier molecular flexibility index (Phi) is 5.11. The standard InChI is InChI=1S/C14H16ClFN2O2/c1-20-8-9(19)4-6-17-12-3-2-10-11(15)5-7-18-14(10)13(12)16/h2-3,5,7,9,17,19H,4,6,8H2,1H3. The molecule has 1 atom stereocenters. The molecule has 0 aliphatic carbocycles. The number of ether oxygens (including phenoxy) is 1. The number of aromatic nitrogens is 1. The number of halogens is 2. The monoisotopic (exact) mass is 298 g/mol. The molecular weight excluding hydrogens is 283 g/mol. The first-order valence-corrected chi connectivity index (χ1v) is 6.65. The molecule has 0 amide bonds. The van der Waals surface area contributed by atoms with Gasteiger partial charge < -0.3 is 15.2 Å². The van der Waals surface area contributed by atoms with E-state index in [9.17, 15) is 9.50 Å². The number of methoxy groups -OCH3 is 1. The zero-order chi connectivity index (χ0) is 14.5. The maximum Gasteiger partial charge on any atom is 0.172 e. The molecular formula is C14H16ClFN2O2. The second-order valence-corrected chi connectivity index (χ2v) is 4.85. The number of aliphatic hydroxyl groups excluding tert-OH is 1. The van der Waals surface area contributed by atoms with Crippen LogP contribution in [-0.2, 0) is 4.74 Å². The van der Waals surface area contributed by atoms with Crippen molar-refractivity contribution < 1.29 is 14.2 Å². The molecule has 108 valence electrons. The zero-order valence-corrected chi connectivity index (χ0v) is 11.8. The summed E-state index contributed by atoms with van der Waals surface area (Å²) in [4.78, 5) is 4.01. The molecule has 0 aliphatic rings. The number of fused-ring (bicyclic) bond motifs is 1. The van der Waals surface area contributed by atoms with Gasteiger partial charge in [-0.3, -0.25) is 4.98 Å². The fraction of sp³-hybridized carbons (Fsp3) is 0.357. The van der Waals surface area contributed by atoms with Gasteiger partial charge in [0.25, 0.3) is 0 Å². The summed E-state index contributed by atoms with van der Waals surface area (Å²) in [7, 11) is 1.52. The molecule has 6 heteroatoms. The summed E-state index contributed by atoms with van der Waals surface area (Å²) >= 11 is 5.99. The predicted molar refractivity (Wildman–Crippen MR) is 77.7 cm³/mol. The van der Waals surface area contributed by atoms with E-state index >= 15 is 0 Å². The van der Waals surface area contributed by atoms with E-state index in [1.165, 1.54) is 13.3 Å². The van der Waals surface area contributed by atoms with Crippen molar-refractivity contribution in [3.63, 3.8) is 0 Å². The second-order valence-electron chi connectivity index (χ2n) is 4.44. The number of pyridine rings is 1. The maximum absolute atomic E-state index is 14.3. The molecule has 4 nitrogen and oxygen atoms in total. The Balaban J connectivity index is 2.10. The average molecular weight is 299 g/mol. The minimum atomic E-state index is -0.566. The van der Waals surface area contributed by atoms with Crippen LogP contribution in [0.4, 0.5) is 10.1 Å². The number of aliphatic hydroxyl groups is 1. The molecule has 0 saturated heterocycles. The second kappa shape index (κ2) is 6.83. The summed E-state index contributed by atoms with van der Waals surface area (Å²) in [5.74, 6) is -0.439. The van der Waals surface area contributed by atoms with Crippen molar-refractivity contribution in [3.05, 3.63) is 35.2 Å². The zero-order valence-electron chi connectivity index (χ0n) is 11.1. The predicted octanol–water partition coefficient (Wildman–Crippen LogP) is 2.84. The highest BCUT2D eigenvalue weighted by molar-refractivity contribution is 6.35. The lowest BCUT2D eigenvalue weighted by Gasteiger charge is -2.12. The van der Waals surface area contributed by atoms with Gasteiger partial charge in [-0.15, -0.1) is 0 Å². The van der Waals surface area contributed by atoms with Crippen LogP contribution in [0.2, 0.25) is 5.02 Å². The van der Waals surface area contributed by atoms with Crippen LogP contribution in [0, 0.1) is 5.82 Å². The smallest absolute Gasteiger partial charge is 0.172 e. The van der Waals surface area contributed by atoms with Crippen molar-refractivity contribution in [2.75, 3.05) is 25.6 Å². The Hall–Kier alpha value is -1.43. The van der Waals surface area contributed by atoms with Crippen LogP contribution >= 0.6 is 11.6 Å². The van der Waals surface area contributed by atoms with Crippen LogP contribution in [0.1, 0.15) is 6.42 Å². The van der Waals surface area contributed by atoms with Gasteiger partial charge in [0.05, 0.1) is 23.4 Å². The number of nitrogens with zero attached hydrogens (tertiary/aromatic N) is 1. The normalized spacial score (nSPS) is 12.6. The van der Waals surface area contributed by atoms with Gasteiger partial charge >= 0.3 is 0 Å². The van der Waals surface area contributed by atoms with E-state index in [1.807, 2.05) is 0 Å². The van der Waals surface area contributed by atoms with E-state index in [1.54, 1.807) is 18.2 Å². The molecule has 1 unspecified atom stereocenters. The van der Waals surface area contributed by atoms with Crippen molar-refractivity contribution >= 4 is 28.2 Å². The lowest BCUT2D eigenvalue weighted by molar-refractivity contribution is 0.0615. The Morgan fingerprint density at radius 3 is 3.00 bits per heavy atom. The summed E-state index contributed by atoms with van der Waals surface area (Å²) in [5.41, 5.74) is 0.580. The number of hydrogen-bond acceptors (Lipinski definition) is 4. The molecule has 0 saturated carbocycles. The van der Waals surface area contributed by atoms with Gasteiger partial charge in [0.15, 0.2) is 5.82 Å². The van der Waals surface area contributed by atoms with Gasteiger partial charge in [-0.2, -0.15) is 0 Å². The van der Waals surface area contributed by atoms with E-state index < -0.39 is 11.9 Å². The lowest BCUT2D eigenvalue weighted by atomic mass is 10.2. The minimum Gasteiger partial charge on any atom is -0.391 e. The molecule has 2 rings (SSSR count). The molecule has 0 spiro atoms. The number of nitrogens with one attached hydrogen (secondary N) is 1. The third kappa shape index (κ3) is 3.36. The summed E-state index contributed by atoms with van der Waals surface area (Å²) < 4.78 is 19.1. The van der Waals surface area contributed by atoms with Crippen molar-refractivity contribution in [3.8, 4) is 0 Å². The highest BCUT2D eigenvalue weighted by Gasteiger charge is 2.11. The van der Waals surface area contributed by atoms with E-state index in [2.05, 4.69) is 10.3 Å². The molecule has 0 aliphatic heterocycles. The lowest BCUT2D eigenvalue weighted by Crippen LogP contribution is -2.18. The average Bonchev–Trinajstić information content (AvgIpc) is 2.42. The quantitative estimate of drug-likeness (QED) is 0.861. The van der Waals surface area contributed by atoms with Crippen LogP contribution in [-0.4, -0.2) is 36.5 Å². The van der Waals surface area contributed by atoms with E-state index in [-0.39, 0.29) is 12.1 Å². The molecule has 1 aromatic carbocycles. The summed E-state index contributed by atoms with van der Waals surface area (Å²) in [5, 5.41) is 13.5. The Bertz CT molecular complexity index is 595. The van der Waals surface area contributed by atoms with Gasteiger partial charge in [-0.1, -0.05) is 11.6 Å². The molecule has 0 fully saturated rings. The molecule has 1 aromatic heterocycles. The molecule has 0 bridgehead atoms. The van der Waals surface area contributed by atoms with Gasteiger partial charge in [0.2, 0.25) is 0 Å². The molecule has 0 radical (unpaired) electrons. The fourth-order valence-electron chi connectivity index (χ4n) is 1.94. The van der Waals surface area contributed by atoms with Gasteiger partial charge in [-0.05, 0) is 24.6 Å². The van der Waals surface area contributed by atoms with Crippen molar-refractivity contribution in [1.29, 1.82) is 0 Å². The molecule has 2 aromatic rings. The van der Waals surface area contributed by atoms with Crippen molar-refractivity contribution in [2.45, 2.75) is 12.5 Å². The van der Waals surface area contributed by atoms with E-state index in [4.69, 9.17) is 16.3 Å². The number of benzene rings is 1. The summed E-state index contributed by atoms with van der Waals surface area (Å²) in [6.45, 7) is 0.701. The Labute approximate surface area is 121 Å². The van der Waals surface area contributed by atoms with Crippen LogP contribution in [0.15, 0.2) is 24.4 Å². The van der Waals surface area contributed by atoms with Crippen molar-refractivity contribution in [2.24, 2.45) is 0 Å². The maximum atomic E-state index is 14.3. The third-order valence-electron chi connectivity index (χ3n) is 2.95. The Morgan fingerprint density at radius 1 is 1.45 bits per heavy atom. The van der Waals surface area contributed by atoms with Crippen LogP contribution < -0.4 is 5.32 Å². The first-order valence-electron chi connectivity index (χ1n) is 6.27. The SMILES string of the molecule is COCC(O)CCNc1ccc2c(Cl)ccnc2c1F. The van der Waals surface area contributed by atoms with Crippen molar-refractivity contribution in [1.82, 2.24) is 4.98 Å². The van der Waals surface area contributed by atoms with E-state index in [0.717, 1.165) is 0 Å². The van der Waals surface area contributed by atoms with Gasteiger partial charge in [0.1, 0.15) is 5.52 Å². The topological polar surface area (TPSA) is 54.4 Å². The number of hydrogen-bond donors (Lipinski definition) is 2. The number of rotatable bonds is 6. The van der Waals surface area contributed by atoms with Gasteiger partial charge in [-0.25, -0.2) is 4.39 Å². The molecule has 1 heterocycles. The highest BCUT2D eigenvalue weighted by atomic mass is 35.5. The highest BCUT2D eigenvalue weighted by Crippen LogP contribution is 2.27. The van der Waals surface area contributed by atoms with Crippen LogP contribution in [0.25, 0.3) is 10.9 Å². The largest absolute Gasteiger partial charge is 0.391 e. The fourth-order valence-corrected chi connectivity index (χ4v) is 2.15.